The molecule has 2 aliphatic rings. The molecular formula is C62H37N5OS. The van der Waals surface area contributed by atoms with Gasteiger partial charge in [-0.15, -0.1) is 11.3 Å². The molecule has 1 spiro atoms. The second-order valence-corrected chi connectivity index (χ2v) is 18.5. The van der Waals surface area contributed by atoms with Gasteiger partial charge in [0.2, 0.25) is 0 Å². The zero-order chi connectivity index (χ0) is 45.5. The van der Waals surface area contributed by atoms with Crippen LogP contribution in [0.25, 0.3) is 99.4 Å². The highest BCUT2D eigenvalue weighted by Crippen LogP contribution is 2.65. The van der Waals surface area contributed by atoms with E-state index in [9.17, 15) is 0 Å². The van der Waals surface area contributed by atoms with Crippen molar-refractivity contribution < 1.29 is 4.74 Å². The second-order valence-electron chi connectivity index (χ2n) is 17.5. The molecule has 69 heavy (non-hydrogen) atoms. The summed E-state index contributed by atoms with van der Waals surface area (Å²) < 4.78 is 9.09. The van der Waals surface area contributed by atoms with Gasteiger partial charge in [-0.1, -0.05) is 200 Å². The van der Waals surface area contributed by atoms with Crippen LogP contribution in [0.1, 0.15) is 22.3 Å². The van der Waals surface area contributed by atoms with E-state index in [1.165, 1.54) is 10.3 Å². The lowest BCUT2D eigenvalue weighted by molar-refractivity contribution is 0.436. The number of benzene rings is 9. The van der Waals surface area contributed by atoms with Crippen LogP contribution >= 0.6 is 11.3 Å². The molecule has 322 valence electrons. The Balaban J connectivity index is 1.04. The molecule has 0 saturated carbocycles. The molecular weight excluding hydrogens is 863 g/mol. The number of hydrogen-bond acceptors (Lipinski definition) is 7. The monoisotopic (exact) mass is 899 g/mol. The van der Waals surface area contributed by atoms with E-state index in [0.717, 1.165) is 99.6 Å². The van der Waals surface area contributed by atoms with Crippen molar-refractivity contribution in [2.45, 2.75) is 5.41 Å². The van der Waals surface area contributed by atoms with Crippen LogP contribution in [-0.4, -0.2) is 24.9 Å². The third-order valence-electron chi connectivity index (χ3n) is 13.6. The topological polar surface area (TPSA) is 73.7 Å². The average molecular weight is 900 g/mol. The molecule has 0 bridgehead atoms. The van der Waals surface area contributed by atoms with E-state index in [1.54, 1.807) is 11.3 Å². The molecule has 1 aliphatic heterocycles. The van der Waals surface area contributed by atoms with Crippen molar-refractivity contribution in [1.29, 1.82) is 0 Å². The van der Waals surface area contributed by atoms with Gasteiger partial charge in [-0.2, -0.15) is 0 Å². The van der Waals surface area contributed by atoms with Crippen LogP contribution in [0.3, 0.4) is 0 Å². The first-order valence-corrected chi connectivity index (χ1v) is 23.9. The Morgan fingerprint density at radius 1 is 0.362 bits per heavy atom. The van der Waals surface area contributed by atoms with Gasteiger partial charge in [-0.25, -0.2) is 24.9 Å². The largest absolute Gasteiger partial charge is 0.457 e. The lowest BCUT2D eigenvalue weighted by atomic mass is 9.64. The first kappa shape index (κ1) is 39.3. The van der Waals surface area contributed by atoms with Gasteiger partial charge in [0.15, 0.2) is 23.3 Å². The Morgan fingerprint density at radius 3 is 1.58 bits per heavy atom. The van der Waals surface area contributed by atoms with Crippen LogP contribution in [0, 0.1) is 0 Å². The maximum atomic E-state index is 6.82. The third-order valence-corrected chi connectivity index (χ3v) is 14.8. The van der Waals surface area contributed by atoms with E-state index in [4.69, 9.17) is 29.7 Å². The van der Waals surface area contributed by atoms with Crippen LogP contribution in [0.15, 0.2) is 224 Å². The number of ether oxygens (including phenoxy) is 1. The number of hydrogen-bond donors (Lipinski definition) is 0. The van der Waals surface area contributed by atoms with Gasteiger partial charge in [0, 0.05) is 49.0 Å². The Bertz CT molecular complexity index is 3900. The van der Waals surface area contributed by atoms with Crippen LogP contribution in [-0.2, 0) is 5.41 Å². The predicted molar refractivity (Wildman–Crippen MR) is 278 cm³/mol. The summed E-state index contributed by atoms with van der Waals surface area (Å²) in [7, 11) is 0. The molecule has 0 radical (unpaired) electrons. The quantitative estimate of drug-likeness (QED) is 0.166. The van der Waals surface area contributed by atoms with E-state index in [1.807, 2.05) is 42.5 Å². The molecule has 6 nitrogen and oxygen atoms in total. The van der Waals surface area contributed by atoms with E-state index in [-0.39, 0.29) is 0 Å². The number of fused-ring (bicyclic) bond motifs is 12. The highest BCUT2D eigenvalue weighted by atomic mass is 32.1. The molecule has 0 N–H and O–H groups in total. The molecule has 0 saturated heterocycles. The Labute approximate surface area is 402 Å². The summed E-state index contributed by atoms with van der Waals surface area (Å²) in [6.07, 6.45) is 0. The molecule has 7 heteroatoms. The van der Waals surface area contributed by atoms with Gasteiger partial charge >= 0.3 is 0 Å². The number of aromatic nitrogens is 5. The third kappa shape index (κ3) is 6.07. The number of nitrogens with zero attached hydrogens (tertiary/aromatic N) is 5. The molecule has 0 fully saturated rings. The Kier molecular flexibility index (Phi) is 8.87. The minimum Gasteiger partial charge on any atom is -0.457 e. The van der Waals surface area contributed by atoms with Crippen LogP contribution in [0.4, 0.5) is 0 Å². The maximum absolute atomic E-state index is 6.82. The van der Waals surface area contributed by atoms with Gasteiger partial charge in [-0.3, -0.25) is 0 Å². The fourth-order valence-corrected chi connectivity index (χ4v) is 11.9. The van der Waals surface area contributed by atoms with E-state index in [0.29, 0.717) is 23.3 Å². The van der Waals surface area contributed by atoms with Crippen LogP contribution in [0.5, 0.6) is 11.5 Å². The van der Waals surface area contributed by atoms with Crippen LogP contribution in [0.2, 0.25) is 0 Å². The second kappa shape index (κ2) is 15.6. The molecule has 0 amide bonds. The highest BCUT2D eigenvalue weighted by molar-refractivity contribution is 7.26. The molecule has 4 heterocycles. The number of para-hydroxylation sites is 2. The van der Waals surface area contributed by atoms with Gasteiger partial charge in [-0.05, 0) is 57.6 Å². The number of thiophene rings is 1. The summed E-state index contributed by atoms with van der Waals surface area (Å²) in [6.45, 7) is 0. The van der Waals surface area contributed by atoms with E-state index >= 15 is 0 Å². The molecule has 14 rings (SSSR count). The summed E-state index contributed by atoms with van der Waals surface area (Å²) in [4.78, 5) is 26.4. The standard InChI is InChI=1S/C62H37N5OS/c1-4-19-38(20-5-1)55-57-56(44-27-10-15-36-52(44)69-57)64-60(63-55)42-26-16-25-41(37-42)43-28-17-29-45-53-46(61-66-58(39-21-6-2-7-22-39)65-59(67-61)40-23-8-3-9-24-40)30-18-33-49(53)62(54(43)45)47-31-11-13-34-50(47)68-51-35-14-12-32-48(51)62/h1-37H. The van der Waals surface area contributed by atoms with E-state index in [2.05, 4.69) is 182 Å². The van der Waals surface area contributed by atoms with Gasteiger partial charge in [0.25, 0.3) is 0 Å². The Morgan fingerprint density at radius 2 is 0.870 bits per heavy atom. The van der Waals surface area contributed by atoms with Crippen LogP contribution < -0.4 is 4.74 Å². The molecule has 0 unspecified atom stereocenters. The fourth-order valence-electron chi connectivity index (χ4n) is 10.7. The zero-order valence-corrected chi connectivity index (χ0v) is 37.7. The van der Waals surface area contributed by atoms with Gasteiger partial charge in [0.1, 0.15) is 11.5 Å². The lowest BCUT2D eigenvalue weighted by Crippen LogP contribution is -2.32. The first-order valence-electron chi connectivity index (χ1n) is 23.1. The minimum atomic E-state index is -0.790. The van der Waals surface area contributed by atoms with Crippen molar-refractivity contribution in [2.75, 3.05) is 0 Å². The molecule has 9 aromatic carbocycles. The summed E-state index contributed by atoms with van der Waals surface area (Å²) in [6, 6.07) is 78.4. The predicted octanol–water partition coefficient (Wildman–Crippen LogP) is 15.5. The normalized spacial score (nSPS) is 12.9. The smallest absolute Gasteiger partial charge is 0.164 e. The number of rotatable bonds is 6. The summed E-state index contributed by atoms with van der Waals surface area (Å²) in [5.41, 5.74) is 14.6. The maximum Gasteiger partial charge on any atom is 0.164 e. The van der Waals surface area contributed by atoms with E-state index < -0.39 is 5.41 Å². The van der Waals surface area contributed by atoms with Crippen molar-refractivity contribution in [3.63, 3.8) is 0 Å². The van der Waals surface area contributed by atoms with Gasteiger partial charge in [0.05, 0.1) is 21.3 Å². The van der Waals surface area contributed by atoms with Crippen molar-refractivity contribution >= 4 is 31.6 Å². The first-order chi connectivity index (χ1) is 34.2. The lowest BCUT2D eigenvalue weighted by Gasteiger charge is -2.40. The molecule has 0 atom stereocenters. The fraction of sp³-hybridized carbons (Fsp3) is 0.0161. The minimum absolute atomic E-state index is 0.603. The Hall–Kier alpha value is -8.91. The molecule has 12 aromatic rings. The SMILES string of the molecule is c1ccc(-c2nc(-c3ccccc3)nc(-c3cccc4c3-c3cccc(-c5cccc(-c6nc(-c7ccccc7)c7sc8ccccc8c7n6)c5)c3C43c4ccccc4Oc4ccccc43)n2)cc1. The van der Waals surface area contributed by atoms with Gasteiger partial charge < -0.3 is 4.74 Å². The highest BCUT2D eigenvalue weighted by Gasteiger charge is 2.53. The van der Waals surface area contributed by atoms with Crippen molar-refractivity contribution in [2.24, 2.45) is 0 Å². The zero-order valence-electron chi connectivity index (χ0n) is 36.9. The van der Waals surface area contributed by atoms with Crippen molar-refractivity contribution in [1.82, 2.24) is 24.9 Å². The molecule has 1 aliphatic carbocycles. The summed E-state index contributed by atoms with van der Waals surface area (Å²) in [5.74, 6) is 4.15. The summed E-state index contributed by atoms with van der Waals surface area (Å²) >= 11 is 1.75. The average Bonchev–Trinajstić information content (AvgIpc) is 3.95. The summed E-state index contributed by atoms with van der Waals surface area (Å²) in [5, 5.41) is 1.13. The van der Waals surface area contributed by atoms with Crippen molar-refractivity contribution in [3.05, 3.63) is 247 Å². The molecule has 3 aromatic heterocycles. The van der Waals surface area contributed by atoms with Crippen molar-refractivity contribution in [3.8, 4) is 90.6 Å².